The van der Waals surface area contributed by atoms with Gasteiger partial charge in [0.05, 0.1) is 11.5 Å². The van der Waals surface area contributed by atoms with E-state index in [2.05, 4.69) is 33.7 Å². The Morgan fingerprint density at radius 1 is 1.31 bits per heavy atom. The highest BCUT2D eigenvalue weighted by molar-refractivity contribution is 5.80. The summed E-state index contributed by atoms with van der Waals surface area (Å²) in [5.74, 6) is -0.0819. The summed E-state index contributed by atoms with van der Waals surface area (Å²) in [5.41, 5.74) is 1.34. The van der Waals surface area contributed by atoms with Gasteiger partial charge in [-0.25, -0.2) is 14.6 Å². The van der Waals surface area contributed by atoms with Crippen LogP contribution in [0.2, 0.25) is 0 Å². The van der Waals surface area contributed by atoms with Gasteiger partial charge in [-0.1, -0.05) is 6.07 Å². The Kier molecular flexibility index (Phi) is 8.95. The lowest BCUT2D eigenvalue weighted by molar-refractivity contribution is -0.139. The van der Waals surface area contributed by atoms with Crippen molar-refractivity contribution in [3.8, 4) is 6.07 Å². The number of anilines is 1. The van der Waals surface area contributed by atoms with Crippen molar-refractivity contribution in [1.82, 2.24) is 15.2 Å². The van der Waals surface area contributed by atoms with E-state index in [1.54, 1.807) is 20.8 Å². The van der Waals surface area contributed by atoms with Gasteiger partial charge in [0.15, 0.2) is 0 Å². The van der Waals surface area contributed by atoms with E-state index in [-0.39, 0.29) is 11.8 Å². The quantitative estimate of drug-likeness (QED) is 0.382. The number of pyridine rings is 1. The first kappa shape index (κ1) is 26.7. The van der Waals surface area contributed by atoms with Gasteiger partial charge < -0.3 is 25.4 Å². The average molecular weight is 486 g/mol. The predicted molar refractivity (Wildman–Crippen MR) is 133 cm³/mol. The lowest BCUT2D eigenvalue weighted by Gasteiger charge is -2.27. The van der Waals surface area contributed by atoms with Gasteiger partial charge in [-0.05, 0) is 90.3 Å². The summed E-state index contributed by atoms with van der Waals surface area (Å²) in [5, 5.41) is 25.0. The highest BCUT2D eigenvalue weighted by Crippen LogP contribution is 2.45. The average Bonchev–Trinajstić information content (AvgIpc) is 3.57. The molecule has 0 spiro atoms. The number of rotatable bonds is 12. The molecule has 1 aliphatic carbocycles. The van der Waals surface area contributed by atoms with Crippen LogP contribution in [0.3, 0.4) is 0 Å². The molecular weight excluding hydrogens is 446 g/mol. The molecule has 0 bridgehead atoms. The van der Waals surface area contributed by atoms with Crippen LogP contribution in [0.15, 0.2) is 12.1 Å². The third-order valence-electron chi connectivity index (χ3n) is 6.45. The number of ether oxygens (including phenoxy) is 1. The molecule has 35 heavy (non-hydrogen) atoms. The molecule has 3 N–H and O–H groups in total. The summed E-state index contributed by atoms with van der Waals surface area (Å²) in [6.07, 6.45) is 6.24. The molecule has 0 radical (unpaired) electrons. The van der Waals surface area contributed by atoms with Crippen LogP contribution in [0.5, 0.6) is 0 Å². The first-order valence-corrected chi connectivity index (χ1v) is 12.7. The van der Waals surface area contributed by atoms with E-state index >= 15 is 0 Å². The Morgan fingerprint density at radius 3 is 2.74 bits per heavy atom. The number of carbonyl (C=O) groups excluding carboxylic acids is 1. The van der Waals surface area contributed by atoms with Crippen molar-refractivity contribution in [1.29, 1.82) is 5.26 Å². The van der Waals surface area contributed by atoms with Crippen LogP contribution in [-0.2, 0) is 22.4 Å². The largest absolute Gasteiger partial charge is 0.480 e. The zero-order valence-electron chi connectivity index (χ0n) is 21.2. The Bertz CT molecular complexity index is 933. The van der Waals surface area contributed by atoms with Gasteiger partial charge in [0.2, 0.25) is 0 Å². The van der Waals surface area contributed by atoms with E-state index in [9.17, 15) is 20.0 Å². The van der Waals surface area contributed by atoms with E-state index in [0.717, 1.165) is 69.5 Å². The summed E-state index contributed by atoms with van der Waals surface area (Å²) >= 11 is 0. The number of amides is 1. The first-order valence-electron chi connectivity index (χ1n) is 12.7. The van der Waals surface area contributed by atoms with Gasteiger partial charge in [-0.3, -0.25) is 0 Å². The smallest absolute Gasteiger partial charge is 0.408 e. The Morgan fingerprint density at radius 2 is 2.09 bits per heavy atom. The number of nitrogens with one attached hydrogen (secondary N) is 2. The van der Waals surface area contributed by atoms with Gasteiger partial charge in [-0.15, -0.1) is 0 Å². The number of aryl methyl sites for hydroxylation is 2. The molecule has 1 saturated carbocycles. The maximum absolute atomic E-state index is 12.1. The van der Waals surface area contributed by atoms with Gasteiger partial charge in [-0.2, -0.15) is 5.26 Å². The Hall–Kier alpha value is -2.86. The Balaban J connectivity index is 1.50. The van der Waals surface area contributed by atoms with Crippen LogP contribution in [-0.4, -0.2) is 64.9 Å². The number of hydrogen-bond acceptors (Lipinski definition) is 7. The first-order chi connectivity index (χ1) is 16.6. The summed E-state index contributed by atoms with van der Waals surface area (Å²) in [6.45, 7) is 8.05. The van der Waals surface area contributed by atoms with Crippen LogP contribution in [0.25, 0.3) is 0 Å². The number of carboxylic acids is 1. The molecule has 9 heteroatoms. The minimum Gasteiger partial charge on any atom is -0.480 e. The second kappa shape index (κ2) is 11.7. The number of aromatic nitrogens is 1. The molecule has 0 aromatic carbocycles. The number of hydrogen-bond donors (Lipinski definition) is 3. The molecule has 1 aliphatic heterocycles. The number of alkyl carbamates (subject to hydrolysis) is 1. The number of fused-ring (bicyclic) bond motifs is 1. The van der Waals surface area contributed by atoms with Crippen molar-refractivity contribution >= 4 is 17.9 Å². The molecule has 1 aromatic rings. The van der Waals surface area contributed by atoms with Crippen molar-refractivity contribution in [2.24, 2.45) is 5.41 Å². The normalized spacial score (nSPS) is 17.0. The van der Waals surface area contributed by atoms with Gasteiger partial charge >= 0.3 is 12.1 Å². The maximum atomic E-state index is 12.1. The molecule has 9 nitrogen and oxygen atoms in total. The van der Waals surface area contributed by atoms with Crippen LogP contribution in [0, 0.1) is 16.7 Å². The number of carboxylic acid groups (broad SMARTS) is 1. The Labute approximate surface area is 208 Å². The predicted octanol–water partition coefficient (Wildman–Crippen LogP) is 3.74. The SMILES string of the molecule is CC(C)(C)OC(=O)N[C@@H](CCN(CCCCc1ccc2c(n1)NCCC2)CC1(C#N)CC1)C(=O)O. The summed E-state index contributed by atoms with van der Waals surface area (Å²) in [4.78, 5) is 30.7. The standard InChI is InChI=1S/C26H39N5O4/c1-25(2,3)35-24(34)30-21(23(32)33)11-16-31(18-26(17-27)12-13-26)15-5-4-8-20-10-9-19-7-6-14-28-22(19)29-20/h9-10,21H,4-8,11-16,18H2,1-3H3,(H,28,29)(H,30,34)(H,32,33)/t21-/m0/s1. The van der Waals surface area contributed by atoms with Gasteiger partial charge in [0.1, 0.15) is 17.5 Å². The number of carbonyl (C=O) groups is 2. The number of nitriles is 1. The summed E-state index contributed by atoms with van der Waals surface area (Å²) < 4.78 is 5.21. The van der Waals surface area contributed by atoms with Crippen molar-refractivity contribution in [3.05, 3.63) is 23.4 Å². The molecule has 1 fully saturated rings. The monoisotopic (exact) mass is 485 g/mol. The fraction of sp³-hybridized carbons (Fsp3) is 0.692. The highest BCUT2D eigenvalue weighted by Gasteiger charge is 2.44. The molecule has 3 rings (SSSR count). The second-order valence-corrected chi connectivity index (χ2v) is 10.8. The molecule has 2 heterocycles. The van der Waals surface area contributed by atoms with Crippen LogP contribution < -0.4 is 10.6 Å². The molecular formula is C26H39N5O4. The van der Waals surface area contributed by atoms with E-state index in [1.807, 2.05) is 0 Å². The second-order valence-electron chi connectivity index (χ2n) is 10.8. The third-order valence-corrected chi connectivity index (χ3v) is 6.45. The minimum atomic E-state index is -1.09. The van der Waals surface area contributed by atoms with Crippen molar-refractivity contribution in [2.45, 2.75) is 83.8 Å². The van der Waals surface area contributed by atoms with Crippen LogP contribution >= 0.6 is 0 Å². The minimum absolute atomic E-state index is 0.244. The molecule has 0 unspecified atom stereocenters. The molecule has 1 amide bonds. The number of unbranched alkanes of at least 4 members (excludes halogenated alkanes) is 1. The van der Waals surface area contributed by atoms with E-state index in [4.69, 9.17) is 9.72 Å². The number of nitrogens with zero attached hydrogens (tertiary/aromatic N) is 3. The van der Waals surface area contributed by atoms with E-state index in [0.29, 0.717) is 13.1 Å². The summed E-state index contributed by atoms with van der Waals surface area (Å²) in [7, 11) is 0. The van der Waals surface area contributed by atoms with Gasteiger partial charge in [0.25, 0.3) is 0 Å². The van der Waals surface area contributed by atoms with Gasteiger partial charge in [0, 0.05) is 25.3 Å². The third kappa shape index (κ3) is 8.70. The highest BCUT2D eigenvalue weighted by atomic mass is 16.6. The molecule has 1 aromatic heterocycles. The van der Waals surface area contributed by atoms with Crippen molar-refractivity contribution < 1.29 is 19.4 Å². The molecule has 1 atom stereocenters. The van der Waals surface area contributed by atoms with Crippen LogP contribution in [0.1, 0.15) is 70.6 Å². The number of aliphatic carboxylic acids is 1. The molecule has 2 aliphatic rings. The van der Waals surface area contributed by atoms with Crippen LogP contribution in [0.4, 0.5) is 10.6 Å². The maximum Gasteiger partial charge on any atom is 0.408 e. The lowest BCUT2D eigenvalue weighted by atomic mass is 10.1. The lowest BCUT2D eigenvalue weighted by Crippen LogP contribution is -2.45. The topological polar surface area (TPSA) is 128 Å². The van der Waals surface area contributed by atoms with Crippen molar-refractivity contribution in [2.75, 3.05) is 31.5 Å². The zero-order chi connectivity index (χ0) is 25.5. The molecule has 192 valence electrons. The van der Waals surface area contributed by atoms with E-state index in [1.165, 1.54) is 5.56 Å². The molecule has 0 saturated heterocycles. The fourth-order valence-corrected chi connectivity index (χ4v) is 4.32. The zero-order valence-corrected chi connectivity index (χ0v) is 21.2. The van der Waals surface area contributed by atoms with E-state index < -0.39 is 23.7 Å². The fourth-order valence-electron chi connectivity index (χ4n) is 4.32. The van der Waals surface area contributed by atoms with Crippen molar-refractivity contribution in [3.63, 3.8) is 0 Å². The summed E-state index contributed by atoms with van der Waals surface area (Å²) in [6, 6.07) is 5.67.